The third-order valence-electron chi connectivity index (χ3n) is 4.12. The Morgan fingerprint density at radius 3 is 3.00 bits per heavy atom. The van der Waals surface area contributed by atoms with Gasteiger partial charge in [0.05, 0.1) is 12.2 Å². The third-order valence-corrected chi connectivity index (χ3v) is 4.35. The molecule has 3 amide bonds. The van der Waals surface area contributed by atoms with E-state index in [9.17, 15) is 9.59 Å². The van der Waals surface area contributed by atoms with Crippen LogP contribution in [0.1, 0.15) is 18.2 Å². The highest BCUT2D eigenvalue weighted by Gasteiger charge is 2.29. The minimum atomic E-state index is -0.501. The lowest BCUT2D eigenvalue weighted by atomic mass is 10.2. The van der Waals surface area contributed by atoms with Crippen molar-refractivity contribution in [3.8, 4) is 0 Å². The number of aryl methyl sites for hydroxylation is 1. The van der Waals surface area contributed by atoms with Crippen molar-refractivity contribution in [1.82, 2.24) is 20.0 Å². The summed E-state index contributed by atoms with van der Waals surface area (Å²) in [5, 5.41) is 10.7. The minimum Gasteiger partial charge on any atom is -0.353 e. The first-order valence-electron chi connectivity index (χ1n) is 8.08. The van der Waals surface area contributed by atoms with Crippen LogP contribution in [0.25, 0.3) is 0 Å². The fourth-order valence-electron chi connectivity index (χ4n) is 2.82. The molecule has 1 fully saturated rings. The average Bonchev–Trinajstić information content (AvgIpc) is 2.89. The summed E-state index contributed by atoms with van der Waals surface area (Å²) < 4.78 is 1.72. The van der Waals surface area contributed by atoms with Crippen LogP contribution in [0, 0.1) is 6.92 Å². The first-order valence-corrected chi connectivity index (χ1v) is 8.46. The van der Waals surface area contributed by atoms with E-state index >= 15 is 0 Å². The molecule has 1 aliphatic heterocycles. The summed E-state index contributed by atoms with van der Waals surface area (Å²) in [4.78, 5) is 25.8. The maximum Gasteiger partial charge on any atom is 0.323 e. The zero-order chi connectivity index (χ0) is 18.0. The molecule has 8 heteroatoms. The van der Waals surface area contributed by atoms with Crippen LogP contribution in [0.3, 0.4) is 0 Å². The highest BCUT2D eigenvalue weighted by Crippen LogP contribution is 2.17. The number of anilines is 1. The summed E-state index contributed by atoms with van der Waals surface area (Å²) in [6.07, 6.45) is 0. The average molecular weight is 362 g/mol. The van der Waals surface area contributed by atoms with Gasteiger partial charge in [0.1, 0.15) is 11.9 Å². The van der Waals surface area contributed by atoms with Gasteiger partial charge in [-0.25, -0.2) is 9.48 Å². The molecule has 2 heterocycles. The molecule has 1 atom stereocenters. The predicted molar refractivity (Wildman–Crippen MR) is 95.7 cm³/mol. The Hall–Kier alpha value is -2.54. The number of amides is 3. The number of nitrogens with one attached hydrogen (secondary N) is 2. The van der Waals surface area contributed by atoms with Crippen LogP contribution in [-0.4, -0.2) is 45.8 Å². The number of hydrogen-bond acceptors (Lipinski definition) is 3. The molecule has 3 rings (SSSR count). The normalized spacial score (nSPS) is 17.3. The van der Waals surface area contributed by atoms with Gasteiger partial charge < -0.3 is 10.2 Å². The van der Waals surface area contributed by atoms with Gasteiger partial charge >= 0.3 is 6.03 Å². The number of halogens is 1. The van der Waals surface area contributed by atoms with Crippen molar-refractivity contribution in [2.45, 2.75) is 26.4 Å². The molecular formula is C17H20ClN5O2. The van der Waals surface area contributed by atoms with Crippen molar-refractivity contribution in [3.63, 3.8) is 0 Å². The quantitative estimate of drug-likeness (QED) is 0.880. The first kappa shape index (κ1) is 17.3. The molecule has 132 valence electrons. The number of nitrogens with zero attached hydrogens (tertiary/aromatic N) is 3. The summed E-state index contributed by atoms with van der Waals surface area (Å²) in [5.74, 6) is 0.436. The Morgan fingerprint density at radius 2 is 2.24 bits per heavy atom. The van der Waals surface area contributed by atoms with Gasteiger partial charge in [0.15, 0.2) is 0 Å². The Bertz CT molecular complexity index is 804. The highest BCUT2D eigenvalue weighted by atomic mass is 35.5. The minimum absolute atomic E-state index is 0.148. The number of benzene rings is 1. The molecular weight excluding hydrogens is 342 g/mol. The molecule has 2 N–H and O–H groups in total. The molecule has 1 aromatic heterocycles. The van der Waals surface area contributed by atoms with Gasteiger partial charge in [-0.15, -0.1) is 0 Å². The second-order valence-corrected chi connectivity index (χ2v) is 6.49. The van der Waals surface area contributed by atoms with Crippen molar-refractivity contribution >= 4 is 29.4 Å². The van der Waals surface area contributed by atoms with E-state index in [4.69, 9.17) is 11.6 Å². The maximum atomic E-state index is 12.6. The molecule has 0 saturated carbocycles. The number of piperazine rings is 1. The fourth-order valence-corrected chi connectivity index (χ4v) is 3.03. The van der Waals surface area contributed by atoms with Gasteiger partial charge in [-0.1, -0.05) is 23.7 Å². The van der Waals surface area contributed by atoms with Crippen molar-refractivity contribution < 1.29 is 9.59 Å². The summed E-state index contributed by atoms with van der Waals surface area (Å²) in [7, 11) is 0. The van der Waals surface area contributed by atoms with Crippen LogP contribution in [-0.2, 0) is 11.3 Å². The molecule has 0 unspecified atom stereocenters. The monoisotopic (exact) mass is 361 g/mol. The van der Waals surface area contributed by atoms with Crippen molar-refractivity contribution in [1.29, 1.82) is 0 Å². The Kier molecular flexibility index (Phi) is 4.94. The number of carbonyl (C=O) groups excluding carboxylic acids is 2. The maximum absolute atomic E-state index is 12.6. The predicted octanol–water partition coefficient (Wildman–Crippen LogP) is 2.25. The van der Waals surface area contributed by atoms with Gasteiger partial charge in [0.2, 0.25) is 5.91 Å². The van der Waals surface area contributed by atoms with Crippen molar-refractivity contribution in [3.05, 3.63) is 46.6 Å². The lowest BCUT2D eigenvalue weighted by Gasteiger charge is -2.32. The smallest absolute Gasteiger partial charge is 0.323 e. The van der Waals surface area contributed by atoms with E-state index in [0.29, 0.717) is 30.5 Å². The topological polar surface area (TPSA) is 79.3 Å². The van der Waals surface area contributed by atoms with E-state index in [0.717, 1.165) is 11.3 Å². The van der Waals surface area contributed by atoms with E-state index in [1.54, 1.807) is 17.7 Å². The Labute approximate surface area is 150 Å². The SMILES string of the molecule is Cc1cc(NC(=O)N2CCNC(=O)[C@H]2C)n(Cc2cccc(Cl)c2)n1. The Balaban J connectivity index is 1.76. The van der Waals surface area contributed by atoms with Gasteiger partial charge in [-0.2, -0.15) is 5.10 Å². The molecule has 25 heavy (non-hydrogen) atoms. The van der Waals surface area contributed by atoms with Crippen molar-refractivity contribution in [2.75, 3.05) is 18.4 Å². The van der Waals surface area contributed by atoms with Crippen LogP contribution in [0.15, 0.2) is 30.3 Å². The van der Waals surface area contributed by atoms with Crippen LogP contribution in [0.5, 0.6) is 0 Å². The van der Waals surface area contributed by atoms with Crippen LogP contribution < -0.4 is 10.6 Å². The number of urea groups is 1. The molecule has 0 spiro atoms. The number of carbonyl (C=O) groups is 2. The number of hydrogen-bond donors (Lipinski definition) is 2. The van der Waals surface area contributed by atoms with Gasteiger partial charge in [-0.3, -0.25) is 10.1 Å². The van der Waals surface area contributed by atoms with Crippen LogP contribution >= 0.6 is 11.6 Å². The standard InChI is InChI=1S/C17H20ClN5O2/c1-11-8-15(20-17(25)22-7-6-19-16(24)12(22)2)23(21-11)10-13-4-3-5-14(18)9-13/h3-5,8-9,12H,6-7,10H2,1-2H3,(H,19,24)(H,20,25)/t12-/m1/s1. The van der Waals surface area contributed by atoms with Crippen LogP contribution in [0.4, 0.5) is 10.6 Å². The van der Waals surface area contributed by atoms with E-state index in [1.807, 2.05) is 31.2 Å². The second kappa shape index (κ2) is 7.14. The molecule has 7 nitrogen and oxygen atoms in total. The van der Waals surface area contributed by atoms with Crippen molar-refractivity contribution in [2.24, 2.45) is 0 Å². The van der Waals surface area contributed by atoms with E-state index in [1.165, 1.54) is 4.90 Å². The molecule has 1 saturated heterocycles. The van der Waals surface area contributed by atoms with Gasteiger partial charge in [0.25, 0.3) is 0 Å². The number of aromatic nitrogens is 2. The van der Waals surface area contributed by atoms with Gasteiger partial charge in [0, 0.05) is 24.2 Å². The lowest BCUT2D eigenvalue weighted by Crippen LogP contribution is -2.56. The third kappa shape index (κ3) is 3.93. The van der Waals surface area contributed by atoms with Gasteiger partial charge in [-0.05, 0) is 31.5 Å². The largest absolute Gasteiger partial charge is 0.353 e. The van der Waals surface area contributed by atoms with E-state index < -0.39 is 6.04 Å². The number of rotatable bonds is 3. The summed E-state index contributed by atoms with van der Waals surface area (Å²) in [5.41, 5.74) is 1.78. The summed E-state index contributed by atoms with van der Waals surface area (Å²) in [6, 6.07) is 8.49. The summed E-state index contributed by atoms with van der Waals surface area (Å²) >= 11 is 6.03. The first-order chi connectivity index (χ1) is 11.9. The molecule has 2 aromatic rings. The van der Waals surface area contributed by atoms with Crippen LogP contribution in [0.2, 0.25) is 5.02 Å². The molecule has 0 radical (unpaired) electrons. The zero-order valence-electron chi connectivity index (χ0n) is 14.1. The summed E-state index contributed by atoms with van der Waals surface area (Å²) in [6.45, 7) is 4.99. The molecule has 0 bridgehead atoms. The lowest BCUT2D eigenvalue weighted by molar-refractivity contribution is -0.126. The zero-order valence-corrected chi connectivity index (χ0v) is 14.9. The molecule has 1 aromatic carbocycles. The molecule has 1 aliphatic rings. The van der Waals surface area contributed by atoms with E-state index in [2.05, 4.69) is 15.7 Å². The van der Waals surface area contributed by atoms with E-state index in [-0.39, 0.29) is 11.9 Å². The Morgan fingerprint density at radius 1 is 1.44 bits per heavy atom. The molecule has 0 aliphatic carbocycles. The fraction of sp³-hybridized carbons (Fsp3) is 0.353. The highest BCUT2D eigenvalue weighted by molar-refractivity contribution is 6.30. The second-order valence-electron chi connectivity index (χ2n) is 6.05.